The lowest BCUT2D eigenvalue weighted by atomic mass is 10.0. The van der Waals surface area contributed by atoms with Gasteiger partial charge in [-0.3, -0.25) is 4.68 Å². The Labute approximate surface area is 123 Å². The van der Waals surface area contributed by atoms with Gasteiger partial charge in [0.15, 0.2) is 0 Å². The van der Waals surface area contributed by atoms with Gasteiger partial charge in [-0.2, -0.15) is 5.10 Å². The molecule has 0 fully saturated rings. The van der Waals surface area contributed by atoms with E-state index < -0.39 is 0 Å². The van der Waals surface area contributed by atoms with Gasteiger partial charge in [-0.05, 0) is 36.7 Å². The van der Waals surface area contributed by atoms with E-state index >= 15 is 0 Å². The molecule has 2 rings (SSSR count). The first-order chi connectivity index (χ1) is 9.13. The number of aryl methyl sites for hydroxylation is 1. The van der Waals surface area contributed by atoms with E-state index in [1.54, 1.807) is 6.20 Å². The van der Waals surface area contributed by atoms with Crippen molar-refractivity contribution in [1.29, 1.82) is 0 Å². The quantitative estimate of drug-likeness (QED) is 0.913. The first-order valence-electron chi connectivity index (χ1n) is 6.27. The fourth-order valence-corrected chi connectivity index (χ4v) is 2.74. The fourth-order valence-electron chi connectivity index (χ4n) is 2.19. The molecule has 0 saturated heterocycles. The SMILES string of the molecule is CCNC(Cc1c(Cl)cccc1Cl)c1ccnn1C. The van der Waals surface area contributed by atoms with Gasteiger partial charge in [0.2, 0.25) is 0 Å². The number of halogens is 2. The Kier molecular flexibility index (Phi) is 4.86. The van der Waals surface area contributed by atoms with Crippen LogP contribution in [0.1, 0.15) is 24.2 Å². The van der Waals surface area contributed by atoms with Gasteiger partial charge in [-0.15, -0.1) is 0 Å². The van der Waals surface area contributed by atoms with Gasteiger partial charge >= 0.3 is 0 Å². The third-order valence-corrected chi connectivity index (χ3v) is 3.84. The number of likely N-dealkylation sites (N-methyl/N-ethyl adjacent to an activating group) is 1. The van der Waals surface area contributed by atoms with Crippen LogP contribution in [0.4, 0.5) is 0 Å². The molecule has 0 aliphatic heterocycles. The van der Waals surface area contributed by atoms with Crippen LogP contribution in [0.25, 0.3) is 0 Å². The van der Waals surface area contributed by atoms with Crippen LogP contribution < -0.4 is 5.32 Å². The van der Waals surface area contributed by atoms with E-state index in [-0.39, 0.29) is 6.04 Å². The van der Waals surface area contributed by atoms with Crippen molar-refractivity contribution < 1.29 is 0 Å². The summed E-state index contributed by atoms with van der Waals surface area (Å²) in [6.07, 6.45) is 2.54. The second kappa shape index (κ2) is 6.42. The molecular formula is C14H17Cl2N3. The minimum atomic E-state index is 0.148. The lowest BCUT2D eigenvalue weighted by Gasteiger charge is -2.19. The minimum absolute atomic E-state index is 0.148. The summed E-state index contributed by atoms with van der Waals surface area (Å²) >= 11 is 12.5. The molecule has 0 bridgehead atoms. The molecule has 102 valence electrons. The van der Waals surface area contributed by atoms with Crippen molar-refractivity contribution >= 4 is 23.2 Å². The van der Waals surface area contributed by atoms with Crippen LogP contribution in [0.15, 0.2) is 30.5 Å². The average Bonchev–Trinajstić information content (AvgIpc) is 2.79. The zero-order chi connectivity index (χ0) is 13.8. The minimum Gasteiger partial charge on any atom is -0.309 e. The van der Waals surface area contributed by atoms with E-state index in [4.69, 9.17) is 23.2 Å². The Morgan fingerprint density at radius 3 is 2.47 bits per heavy atom. The highest BCUT2D eigenvalue weighted by Gasteiger charge is 2.17. The predicted octanol–water partition coefficient (Wildman–Crippen LogP) is 3.62. The number of nitrogens with one attached hydrogen (secondary N) is 1. The Hall–Kier alpha value is -1.03. The topological polar surface area (TPSA) is 29.9 Å². The Bertz CT molecular complexity index is 531. The third-order valence-electron chi connectivity index (χ3n) is 3.14. The molecule has 0 spiro atoms. The van der Waals surface area contributed by atoms with E-state index in [1.165, 1.54) is 0 Å². The van der Waals surface area contributed by atoms with Gasteiger partial charge in [0, 0.05) is 23.3 Å². The number of nitrogens with zero attached hydrogens (tertiary/aromatic N) is 2. The zero-order valence-electron chi connectivity index (χ0n) is 11.0. The van der Waals surface area contributed by atoms with Gasteiger partial charge < -0.3 is 5.32 Å². The standard InChI is InChI=1S/C14H17Cl2N3/c1-3-17-13(14-7-8-18-19(14)2)9-10-11(15)5-4-6-12(10)16/h4-8,13,17H,3,9H2,1-2H3. The summed E-state index contributed by atoms with van der Waals surface area (Å²) in [6.45, 7) is 2.95. The highest BCUT2D eigenvalue weighted by atomic mass is 35.5. The zero-order valence-corrected chi connectivity index (χ0v) is 12.5. The first kappa shape index (κ1) is 14.4. The monoisotopic (exact) mass is 297 g/mol. The van der Waals surface area contributed by atoms with Crippen molar-refractivity contribution in [2.75, 3.05) is 6.54 Å². The normalized spacial score (nSPS) is 12.6. The molecule has 1 aromatic heterocycles. The third kappa shape index (κ3) is 3.30. The summed E-state index contributed by atoms with van der Waals surface area (Å²) in [4.78, 5) is 0. The fraction of sp³-hybridized carbons (Fsp3) is 0.357. The molecule has 2 aromatic rings. The molecule has 1 N–H and O–H groups in total. The van der Waals surface area contributed by atoms with Crippen LogP contribution >= 0.6 is 23.2 Å². The molecule has 19 heavy (non-hydrogen) atoms. The van der Waals surface area contributed by atoms with Gasteiger partial charge in [0.25, 0.3) is 0 Å². The maximum atomic E-state index is 6.24. The summed E-state index contributed by atoms with van der Waals surface area (Å²) in [5.74, 6) is 0. The number of aromatic nitrogens is 2. The molecular weight excluding hydrogens is 281 g/mol. The molecule has 0 radical (unpaired) electrons. The second-order valence-corrected chi connectivity index (χ2v) is 5.21. The molecule has 0 saturated carbocycles. The van der Waals surface area contributed by atoms with Crippen molar-refractivity contribution in [2.45, 2.75) is 19.4 Å². The molecule has 1 unspecified atom stereocenters. The van der Waals surface area contributed by atoms with Crippen molar-refractivity contribution in [2.24, 2.45) is 7.05 Å². The van der Waals surface area contributed by atoms with Crippen molar-refractivity contribution in [1.82, 2.24) is 15.1 Å². The molecule has 1 heterocycles. The Balaban J connectivity index is 2.29. The van der Waals surface area contributed by atoms with Gasteiger partial charge in [0.1, 0.15) is 0 Å². The molecule has 0 aliphatic carbocycles. The van der Waals surface area contributed by atoms with Crippen LogP contribution in [0, 0.1) is 0 Å². The summed E-state index contributed by atoms with van der Waals surface area (Å²) in [5, 5.41) is 9.08. The van der Waals surface area contributed by atoms with Crippen LogP contribution in [0.3, 0.4) is 0 Å². The maximum absolute atomic E-state index is 6.24. The van der Waals surface area contributed by atoms with E-state index in [0.717, 1.165) is 24.2 Å². The smallest absolute Gasteiger partial charge is 0.0553 e. The largest absolute Gasteiger partial charge is 0.309 e. The van der Waals surface area contributed by atoms with E-state index in [2.05, 4.69) is 17.3 Å². The summed E-state index contributed by atoms with van der Waals surface area (Å²) in [7, 11) is 1.94. The van der Waals surface area contributed by atoms with E-state index in [1.807, 2.05) is 36.0 Å². The molecule has 3 nitrogen and oxygen atoms in total. The average molecular weight is 298 g/mol. The van der Waals surface area contributed by atoms with Crippen molar-refractivity contribution in [3.63, 3.8) is 0 Å². The Morgan fingerprint density at radius 2 is 1.95 bits per heavy atom. The summed E-state index contributed by atoms with van der Waals surface area (Å²) in [5.41, 5.74) is 2.09. The number of hydrogen-bond donors (Lipinski definition) is 1. The van der Waals surface area contributed by atoms with Crippen LogP contribution in [-0.4, -0.2) is 16.3 Å². The predicted molar refractivity (Wildman–Crippen MR) is 79.8 cm³/mol. The lowest BCUT2D eigenvalue weighted by Crippen LogP contribution is -2.25. The van der Waals surface area contributed by atoms with Crippen LogP contribution in [-0.2, 0) is 13.5 Å². The second-order valence-electron chi connectivity index (χ2n) is 4.39. The molecule has 1 aromatic carbocycles. The van der Waals surface area contributed by atoms with Gasteiger partial charge in [0.05, 0.1) is 11.7 Å². The van der Waals surface area contributed by atoms with Crippen molar-refractivity contribution in [3.8, 4) is 0 Å². The number of rotatable bonds is 5. The van der Waals surface area contributed by atoms with Crippen molar-refractivity contribution in [3.05, 3.63) is 51.8 Å². The molecule has 1 atom stereocenters. The van der Waals surface area contributed by atoms with Gasteiger partial charge in [-0.1, -0.05) is 36.2 Å². The van der Waals surface area contributed by atoms with Gasteiger partial charge in [-0.25, -0.2) is 0 Å². The highest BCUT2D eigenvalue weighted by Crippen LogP contribution is 2.29. The van der Waals surface area contributed by atoms with E-state index in [0.29, 0.717) is 10.0 Å². The van der Waals surface area contributed by atoms with Crippen LogP contribution in [0.2, 0.25) is 10.0 Å². The molecule has 0 amide bonds. The molecule has 0 aliphatic rings. The Morgan fingerprint density at radius 1 is 1.26 bits per heavy atom. The van der Waals surface area contributed by atoms with E-state index in [9.17, 15) is 0 Å². The number of benzene rings is 1. The lowest BCUT2D eigenvalue weighted by molar-refractivity contribution is 0.508. The maximum Gasteiger partial charge on any atom is 0.0553 e. The summed E-state index contributed by atoms with van der Waals surface area (Å²) in [6, 6.07) is 7.76. The first-order valence-corrected chi connectivity index (χ1v) is 7.03. The number of hydrogen-bond acceptors (Lipinski definition) is 2. The highest BCUT2D eigenvalue weighted by molar-refractivity contribution is 6.36. The molecule has 5 heteroatoms. The van der Waals surface area contributed by atoms with Crippen LogP contribution in [0.5, 0.6) is 0 Å². The summed E-state index contributed by atoms with van der Waals surface area (Å²) < 4.78 is 1.87.